The van der Waals surface area contributed by atoms with Gasteiger partial charge in [-0.15, -0.1) is 0 Å². The fraction of sp³-hybridized carbons (Fsp3) is 0.944. The first-order chi connectivity index (χ1) is 9.28. The highest BCUT2D eigenvalue weighted by Crippen LogP contribution is 2.56. The Labute approximate surface area is 124 Å². The summed E-state index contributed by atoms with van der Waals surface area (Å²) in [6.45, 7) is 9.17. The van der Waals surface area contributed by atoms with Crippen LogP contribution in [0.2, 0.25) is 0 Å². The molecule has 0 aliphatic heterocycles. The smallest absolute Gasteiger partial charge is 0.0862 e. The van der Waals surface area contributed by atoms with Crippen molar-refractivity contribution in [1.82, 2.24) is 0 Å². The monoisotopic (exact) mass is 277 g/mol. The molecule has 2 rings (SSSR count). The highest BCUT2D eigenvalue weighted by atomic mass is 16.3. The van der Waals surface area contributed by atoms with Crippen LogP contribution in [0.25, 0.3) is 0 Å². The third-order valence-electron chi connectivity index (χ3n) is 6.69. The lowest BCUT2D eigenvalue weighted by atomic mass is 9.59. The zero-order valence-corrected chi connectivity index (χ0v) is 13.7. The maximum Gasteiger partial charge on any atom is 0.0862 e. The van der Waals surface area contributed by atoms with Crippen LogP contribution in [0.3, 0.4) is 0 Å². The van der Waals surface area contributed by atoms with E-state index >= 15 is 0 Å². The second kappa shape index (κ2) is 5.34. The average Bonchev–Trinajstić information content (AvgIpc) is 2.82. The van der Waals surface area contributed by atoms with Crippen LogP contribution in [-0.4, -0.2) is 10.7 Å². The number of aliphatic hydroxyl groups is 1. The van der Waals surface area contributed by atoms with E-state index in [-0.39, 0.29) is 0 Å². The molecule has 2 atom stereocenters. The van der Waals surface area contributed by atoms with Crippen molar-refractivity contribution in [2.24, 2.45) is 22.7 Å². The number of hydrogen-bond acceptors (Lipinski definition) is 2. The van der Waals surface area contributed by atoms with E-state index in [4.69, 9.17) is 0 Å². The molecule has 0 aromatic rings. The van der Waals surface area contributed by atoms with Crippen LogP contribution in [0.4, 0.5) is 0 Å². The molecule has 2 heteroatoms. The lowest BCUT2D eigenvalue weighted by molar-refractivity contribution is -0.0996. The molecule has 1 N–H and O–H groups in total. The van der Waals surface area contributed by atoms with Gasteiger partial charge in [0.05, 0.1) is 17.1 Å². The summed E-state index contributed by atoms with van der Waals surface area (Å²) in [7, 11) is 0. The highest BCUT2D eigenvalue weighted by Gasteiger charge is 2.55. The molecule has 2 aliphatic rings. The van der Waals surface area contributed by atoms with Crippen LogP contribution >= 0.6 is 0 Å². The second-order valence-electron chi connectivity index (χ2n) is 8.19. The van der Waals surface area contributed by atoms with Crippen molar-refractivity contribution in [2.45, 2.75) is 84.7 Å². The quantitative estimate of drug-likeness (QED) is 0.814. The normalized spacial score (nSPS) is 42.4. The molecule has 114 valence electrons. The Morgan fingerprint density at radius 2 is 1.80 bits per heavy atom. The third kappa shape index (κ3) is 2.50. The van der Waals surface area contributed by atoms with Crippen LogP contribution in [-0.2, 0) is 0 Å². The first kappa shape index (κ1) is 15.8. The lowest BCUT2D eigenvalue weighted by Crippen LogP contribution is -2.49. The number of rotatable bonds is 3. The summed E-state index contributed by atoms with van der Waals surface area (Å²) >= 11 is 0. The van der Waals surface area contributed by atoms with E-state index in [2.05, 4.69) is 33.8 Å². The SMILES string of the molecule is CCC(C)(C)C1CCC(O)(C2(C#N)CCC(C)C2)CC1. The first-order valence-electron chi connectivity index (χ1n) is 8.42. The number of nitrogens with zero attached hydrogens (tertiary/aromatic N) is 1. The van der Waals surface area contributed by atoms with Crippen LogP contribution < -0.4 is 0 Å². The Kier molecular flexibility index (Phi) is 4.22. The Morgan fingerprint density at radius 3 is 2.20 bits per heavy atom. The summed E-state index contributed by atoms with van der Waals surface area (Å²) in [6, 6.07) is 2.54. The van der Waals surface area contributed by atoms with Gasteiger partial charge >= 0.3 is 0 Å². The first-order valence-corrected chi connectivity index (χ1v) is 8.42. The average molecular weight is 277 g/mol. The van der Waals surface area contributed by atoms with Crippen molar-refractivity contribution in [2.75, 3.05) is 0 Å². The van der Waals surface area contributed by atoms with Crippen molar-refractivity contribution in [3.63, 3.8) is 0 Å². The Bertz CT molecular complexity index is 387. The molecule has 0 amide bonds. The summed E-state index contributed by atoms with van der Waals surface area (Å²) < 4.78 is 0. The summed E-state index contributed by atoms with van der Waals surface area (Å²) in [5.74, 6) is 1.28. The molecule has 0 aromatic heterocycles. The fourth-order valence-electron chi connectivity index (χ4n) is 4.56. The maximum atomic E-state index is 11.2. The van der Waals surface area contributed by atoms with E-state index in [1.54, 1.807) is 0 Å². The van der Waals surface area contributed by atoms with Gasteiger partial charge in [0.1, 0.15) is 0 Å². The van der Waals surface area contributed by atoms with Gasteiger partial charge in [0.25, 0.3) is 0 Å². The summed E-state index contributed by atoms with van der Waals surface area (Å²) in [5.41, 5.74) is -0.829. The Hall–Kier alpha value is -0.550. The molecule has 20 heavy (non-hydrogen) atoms. The van der Waals surface area contributed by atoms with Crippen molar-refractivity contribution in [1.29, 1.82) is 5.26 Å². The van der Waals surface area contributed by atoms with Gasteiger partial charge < -0.3 is 5.11 Å². The zero-order valence-electron chi connectivity index (χ0n) is 13.7. The lowest BCUT2D eigenvalue weighted by Gasteiger charge is -2.48. The minimum atomic E-state index is -0.729. The maximum absolute atomic E-state index is 11.2. The van der Waals surface area contributed by atoms with Gasteiger partial charge in [0.15, 0.2) is 0 Å². The number of nitriles is 1. The van der Waals surface area contributed by atoms with E-state index in [9.17, 15) is 10.4 Å². The molecule has 0 aromatic carbocycles. The van der Waals surface area contributed by atoms with Gasteiger partial charge in [-0.05, 0) is 62.2 Å². The Balaban J connectivity index is 2.10. The molecule has 0 bridgehead atoms. The molecule has 2 saturated carbocycles. The standard InChI is InChI=1S/C18H31NO/c1-5-16(3,4)15-7-10-18(20,11-8-15)17(13-19)9-6-14(2)12-17/h14-15,20H,5-12H2,1-4H3. The molecule has 2 fully saturated rings. The molecule has 0 spiro atoms. The Morgan fingerprint density at radius 1 is 1.20 bits per heavy atom. The fourth-order valence-corrected chi connectivity index (χ4v) is 4.56. The molecule has 0 heterocycles. The van der Waals surface area contributed by atoms with Crippen molar-refractivity contribution in [3.8, 4) is 6.07 Å². The predicted molar refractivity (Wildman–Crippen MR) is 82.0 cm³/mol. The summed E-state index contributed by atoms with van der Waals surface area (Å²) in [4.78, 5) is 0. The third-order valence-corrected chi connectivity index (χ3v) is 6.69. The van der Waals surface area contributed by atoms with Crippen LogP contribution in [0, 0.1) is 34.0 Å². The largest absolute Gasteiger partial charge is 0.388 e. The summed E-state index contributed by atoms with van der Waals surface area (Å²) in [5, 5.41) is 20.9. The molecule has 0 radical (unpaired) electrons. The van der Waals surface area contributed by atoms with Crippen LogP contribution in [0.15, 0.2) is 0 Å². The summed E-state index contributed by atoms with van der Waals surface area (Å²) in [6.07, 6.45) is 7.87. The zero-order chi connectivity index (χ0) is 15.0. The molecular weight excluding hydrogens is 246 g/mol. The van der Waals surface area contributed by atoms with Gasteiger partial charge in [0, 0.05) is 0 Å². The molecular formula is C18H31NO. The van der Waals surface area contributed by atoms with Crippen LogP contribution in [0.5, 0.6) is 0 Å². The molecule has 0 saturated heterocycles. The van der Waals surface area contributed by atoms with Gasteiger partial charge in [-0.2, -0.15) is 5.26 Å². The van der Waals surface area contributed by atoms with Gasteiger partial charge in [-0.1, -0.05) is 34.1 Å². The van der Waals surface area contributed by atoms with Gasteiger partial charge in [0.2, 0.25) is 0 Å². The minimum absolute atomic E-state index is 0.365. The minimum Gasteiger partial charge on any atom is -0.388 e. The van der Waals surface area contributed by atoms with E-state index in [1.165, 1.54) is 6.42 Å². The molecule has 2 nitrogen and oxygen atoms in total. The second-order valence-corrected chi connectivity index (χ2v) is 8.19. The van der Waals surface area contributed by atoms with Crippen LogP contribution in [0.1, 0.15) is 79.1 Å². The van der Waals surface area contributed by atoms with Crippen molar-refractivity contribution < 1.29 is 5.11 Å². The number of hydrogen-bond donors (Lipinski definition) is 1. The van der Waals surface area contributed by atoms with Gasteiger partial charge in [-0.25, -0.2) is 0 Å². The molecule has 2 unspecified atom stereocenters. The van der Waals surface area contributed by atoms with E-state index in [1.807, 2.05) is 0 Å². The van der Waals surface area contributed by atoms with E-state index in [0.717, 1.165) is 44.9 Å². The van der Waals surface area contributed by atoms with E-state index < -0.39 is 11.0 Å². The van der Waals surface area contributed by atoms with Crippen molar-refractivity contribution >= 4 is 0 Å². The molecule has 2 aliphatic carbocycles. The van der Waals surface area contributed by atoms with Gasteiger partial charge in [-0.3, -0.25) is 0 Å². The van der Waals surface area contributed by atoms with E-state index in [0.29, 0.717) is 17.3 Å². The highest BCUT2D eigenvalue weighted by molar-refractivity contribution is 5.15. The van der Waals surface area contributed by atoms with Crippen molar-refractivity contribution in [3.05, 3.63) is 0 Å². The predicted octanol–water partition coefficient (Wildman–Crippen LogP) is 4.67. The topological polar surface area (TPSA) is 44.0 Å².